The van der Waals surface area contributed by atoms with Crippen molar-refractivity contribution in [3.63, 3.8) is 0 Å². The fourth-order valence-electron chi connectivity index (χ4n) is 5.08. The minimum atomic E-state index is -2.11. The maximum absolute atomic E-state index is 13.8. The summed E-state index contributed by atoms with van der Waals surface area (Å²) in [6.07, 6.45) is 0. The molecule has 37 heavy (non-hydrogen) atoms. The minimum absolute atomic E-state index is 0.0124. The van der Waals surface area contributed by atoms with Crippen molar-refractivity contribution in [2.75, 3.05) is 0 Å². The number of nitrogens with zero attached hydrogens (tertiary/aromatic N) is 3. The van der Waals surface area contributed by atoms with Gasteiger partial charge >= 0.3 is 0 Å². The normalized spacial score (nSPS) is 29.6. The van der Waals surface area contributed by atoms with E-state index in [4.69, 9.17) is 69.6 Å². The van der Waals surface area contributed by atoms with Gasteiger partial charge in [0, 0.05) is 17.7 Å². The van der Waals surface area contributed by atoms with E-state index in [0.717, 1.165) is 17.1 Å². The highest BCUT2D eigenvalue weighted by Gasteiger charge is 2.88. The van der Waals surface area contributed by atoms with Gasteiger partial charge in [0.05, 0.1) is 33.4 Å². The van der Waals surface area contributed by atoms with Crippen LogP contribution in [0.3, 0.4) is 0 Å². The number of nitro benzene ring substituents is 1. The van der Waals surface area contributed by atoms with Gasteiger partial charge in [0.2, 0.25) is 0 Å². The van der Waals surface area contributed by atoms with E-state index in [1.165, 1.54) is 12.1 Å². The van der Waals surface area contributed by atoms with Crippen molar-refractivity contribution in [2.45, 2.75) is 20.6 Å². The number of allylic oxidation sites excluding steroid dienone is 2. The summed E-state index contributed by atoms with van der Waals surface area (Å²) in [6, 6.07) is 13.3. The molecule has 2 fully saturated rings. The number of carbonyl (C=O) groups excluding carboxylic acids is 3. The molecule has 0 unspecified atom stereocenters. The van der Waals surface area contributed by atoms with Gasteiger partial charge in [-0.1, -0.05) is 76.7 Å². The van der Waals surface area contributed by atoms with E-state index in [1.54, 1.807) is 30.3 Å². The SMILES string of the molecule is O=C(c1ccc([N+](=O)[O-])cc1)N(Cc1ccccc1)N1C(=O)[C@H]2[C@H](C1=O)[C@@]1(Cl)C(Cl)=C(Cl)[C@@]2(Cl)C1(Cl)Cl. The van der Waals surface area contributed by atoms with E-state index in [9.17, 15) is 24.5 Å². The quantitative estimate of drug-likeness (QED) is 0.187. The molecule has 1 heterocycles. The molecule has 1 saturated heterocycles. The van der Waals surface area contributed by atoms with Crippen LogP contribution in [-0.4, -0.2) is 46.7 Å². The Morgan fingerprint density at radius 1 is 0.892 bits per heavy atom. The number of imide groups is 1. The van der Waals surface area contributed by atoms with Gasteiger partial charge in [-0.05, 0) is 17.7 Å². The molecule has 3 aliphatic rings. The molecule has 0 N–H and O–H groups in total. The number of hydrogen-bond donors (Lipinski definition) is 0. The lowest BCUT2D eigenvalue weighted by Crippen LogP contribution is -2.55. The van der Waals surface area contributed by atoms with Crippen molar-refractivity contribution >= 4 is 93.0 Å². The number of alkyl halides is 4. The molecule has 192 valence electrons. The standard InChI is InChI=1S/C23H13Cl6N3O5/c24-16-17(25)22(27)15-14(21(16,26)23(22,28)29)19(34)31(20(15)35)30(10-11-4-2-1-3-5-11)18(33)12-6-8-13(9-7-12)32(36)37/h1-9,14-15H,10H2/t14-,15-,21-,22-/m1/s1. The zero-order valence-electron chi connectivity index (χ0n) is 18.2. The highest BCUT2D eigenvalue weighted by Crippen LogP contribution is 2.77. The number of carbonyl (C=O) groups is 3. The van der Waals surface area contributed by atoms with Crippen molar-refractivity contribution in [2.24, 2.45) is 11.8 Å². The van der Waals surface area contributed by atoms with E-state index in [2.05, 4.69) is 0 Å². The fourth-order valence-corrected chi connectivity index (χ4v) is 8.01. The van der Waals surface area contributed by atoms with Crippen molar-refractivity contribution in [1.82, 2.24) is 10.0 Å². The summed E-state index contributed by atoms with van der Waals surface area (Å²) < 4.78 is -2.11. The Morgan fingerprint density at radius 3 is 1.84 bits per heavy atom. The first-order valence-corrected chi connectivity index (χ1v) is 12.9. The van der Waals surface area contributed by atoms with Crippen molar-refractivity contribution in [3.05, 3.63) is 85.9 Å². The molecule has 2 aromatic rings. The molecule has 4 atom stereocenters. The van der Waals surface area contributed by atoms with Crippen LogP contribution in [0.15, 0.2) is 64.7 Å². The molecule has 5 rings (SSSR count). The van der Waals surface area contributed by atoms with Gasteiger partial charge in [-0.15, -0.1) is 23.2 Å². The molecule has 2 bridgehead atoms. The Hall–Kier alpha value is -2.07. The van der Waals surface area contributed by atoms with E-state index >= 15 is 0 Å². The minimum Gasteiger partial charge on any atom is -0.272 e. The predicted octanol–water partition coefficient (Wildman–Crippen LogP) is 5.60. The molecule has 1 saturated carbocycles. The molecule has 1 aliphatic heterocycles. The number of halogens is 6. The molecule has 0 spiro atoms. The molecule has 8 nitrogen and oxygen atoms in total. The van der Waals surface area contributed by atoms with Crippen LogP contribution in [0, 0.1) is 22.0 Å². The Kier molecular flexibility index (Phi) is 6.26. The van der Waals surface area contributed by atoms with Gasteiger partial charge in [-0.3, -0.25) is 24.5 Å². The number of rotatable bonds is 5. The smallest absolute Gasteiger partial charge is 0.272 e. The summed E-state index contributed by atoms with van der Waals surface area (Å²) in [5.41, 5.74) is 0.328. The number of benzene rings is 2. The highest BCUT2D eigenvalue weighted by atomic mass is 35.5. The summed E-state index contributed by atoms with van der Waals surface area (Å²) in [6.45, 7) is -0.208. The monoisotopic (exact) mass is 621 g/mol. The number of nitro groups is 1. The fraction of sp³-hybridized carbons (Fsp3) is 0.261. The summed E-state index contributed by atoms with van der Waals surface area (Å²) in [5, 5.41) is 12.1. The Labute approximate surface area is 239 Å². The van der Waals surface area contributed by atoms with Crippen LogP contribution < -0.4 is 0 Å². The second-order valence-electron chi connectivity index (χ2n) is 8.72. The molecule has 3 amide bonds. The topological polar surface area (TPSA) is 101 Å². The number of amides is 3. The number of fused-ring (bicyclic) bond motifs is 5. The molecule has 14 heteroatoms. The van der Waals surface area contributed by atoms with Crippen LogP contribution in [0.5, 0.6) is 0 Å². The van der Waals surface area contributed by atoms with E-state index in [-0.39, 0.29) is 27.9 Å². The Morgan fingerprint density at radius 2 is 1.38 bits per heavy atom. The summed E-state index contributed by atoms with van der Waals surface area (Å²) in [4.78, 5) is 47.7. The third-order valence-corrected chi connectivity index (χ3v) is 11.1. The van der Waals surface area contributed by atoms with E-state index < -0.39 is 48.6 Å². The van der Waals surface area contributed by atoms with Crippen LogP contribution in [0.1, 0.15) is 15.9 Å². The first-order chi connectivity index (χ1) is 17.3. The van der Waals surface area contributed by atoms with Crippen LogP contribution in [0.2, 0.25) is 0 Å². The Bertz CT molecular complexity index is 1360. The van der Waals surface area contributed by atoms with Crippen LogP contribution in [0.25, 0.3) is 0 Å². The number of non-ortho nitro benzene ring substituents is 1. The average molecular weight is 624 g/mol. The summed E-state index contributed by atoms with van der Waals surface area (Å²) in [5.74, 6) is -5.43. The molecule has 0 aromatic heterocycles. The zero-order chi connectivity index (χ0) is 27.1. The lowest BCUT2D eigenvalue weighted by atomic mass is 9.84. The lowest BCUT2D eigenvalue weighted by Gasteiger charge is -2.37. The maximum atomic E-state index is 13.8. The Balaban J connectivity index is 1.60. The average Bonchev–Trinajstić information content (AvgIpc) is 3.26. The van der Waals surface area contributed by atoms with Crippen molar-refractivity contribution in [3.8, 4) is 0 Å². The first-order valence-electron chi connectivity index (χ1n) is 10.6. The van der Waals surface area contributed by atoms with Gasteiger partial charge in [0.25, 0.3) is 23.4 Å². The largest absolute Gasteiger partial charge is 0.273 e. The molecule has 2 aromatic carbocycles. The third kappa shape index (κ3) is 3.33. The molecule has 2 aliphatic carbocycles. The predicted molar refractivity (Wildman–Crippen MR) is 139 cm³/mol. The zero-order valence-corrected chi connectivity index (χ0v) is 22.7. The molecular formula is C23H13Cl6N3O5. The van der Waals surface area contributed by atoms with Crippen LogP contribution in [0.4, 0.5) is 5.69 Å². The second-order valence-corrected chi connectivity index (χ2v) is 12.0. The van der Waals surface area contributed by atoms with Crippen LogP contribution >= 0.6 is 69.6 Å². The third-order valence-electron chi connectivity index (χ3n) is 6.86. The maximum Gasteiger partial charge on any atom is 0.273 e. The van der Waals surface area contributed by atoms with Gasteiger partial charge in [0.15, 0.2) is 4.33 Å². The molecular weight excluding hydrogens is 611 g/mol. The van der Waals surface area contributed by atoms with Gasteiger partial charge in [-0.2, -0.15) is 5.01 Å². The van der Waals surface area contributed by atoms with Crippen molar-refractivity contribution < 1.29 is 19.3 Å². The first kappa shape index (κ1) is 26.5. The molecule has 0 radical (unpaired) electrons. The van der Waals surface area contributed by atoms with E-state index in [1.807, 2.05) is 0 Å². The van der Waals surface area contributed by atoms with E-state index in [0.29, 0.717) is 10.6 Å². The summed E-state index contributed by atoms with van der Waals surface area (Å²) in [7, 11) is 0. The van der Waals surface area contributed by atoms with Crippen molar-refractivity contribution in [1.29, 1.82) is 0 Å². The summed E-state index contributed by atoms with van der Waals surface area (Å²) >= 11 is 39.3. The highest BCUT2D eigenvalue weighted by molar-refractivity contribution is 6.66. The van der Waals surface area contributed by atoms with Gasteiger partial charge < -0.3 is 0 Å². The number of hydrogen-bond acceptors (Lipinski definition) is 5. The second kappa shape index (κ2) is 8.73. The number of hydrazine groups is 1. The van der Waals surface area contributed by atoms with Crippen LogP contribution in [-0.2, 0) is 16.1 Å². The van der Waals surface area contributed by atoms with Gasteiger partial charge in [0.1, 0.15) is 9.75 Å². The lowest BCUT2D eigenvalue weighted by molar-refractivity contribution is -0.384. The van der Waals surface area contributed by atoms with Gasteiger partial charge in [-0.25, -0.2) is 5.01 Å².